The van der Waals surface area contributed by atoms with Crippen LogP contribution < -0.4 is 10.1 Å². The lowest BCUT2D eigenvalue weighted by atomic mass is 10.2. The van der Waals surface area contributed by atoms with Crippen molar-refractivity contribution in [1.29, 1.82) is 0 Å². The van der Waals surface area contributed by atoms with E-state index in [0.717, 1.165) is 5.56 Å². The number of carbonyl (C=O) groups is 2. The highest BCUT2D eigenvalue weighted by Gasteiger charge is 2.22. The average Bonchev–Trinajstić information content (AvgIpc) is 2.75. The fourth-order valence-electron chi connectivity index (χ4n) is 2.85. The number of rotatable bonds is 10. The Morgan fingerprint density at radius 3 is 2.23 bits per heavy atom. The molecule has 2 aromatic rings. The molecule has 2 aromatic carbocycles. The van der Waals surface area contributed by atoms with Crippen LogP contribution in [0.3, 0.4) is 0 Å². The second-order valence-electron chi connectivity index (χ2n) is 6.65. The van der Waals surface area contributed by atoms with Gasteiger partial charge in [-0.15, -0.1) is 0 Å². The van der Waals surface area contributed by atoms with Crippen LogP contribution in [0.1, 0.15) is 36.7 Å². The maximum absolute atomic E-state index is 12.7. The second-order valence-corrected chi connectivity index (χ2v) is 8.59. The molecule has 0 bridgehead atoms. The van der Waals surface area contributed by atoms with E-state index in [0.29, 0.717) is 30.1 Å². The van der Waals surface area contributed by atoms with E-state index in [-0.39, 0.29) is 18.1 Å². The van der Waals surface area contributed by atoms with Gasteiger partial charge in [-0.2, -0.15) is 4.31 Å². The maximum atomic E-state index is 12.7. The SMILES string of the molecule is CCOC(=O)c1ccc(OCC(=O)Nc2cc(S(=O)(=O)N(CC)CC)ccc2C)cc1. The zero-order valence-corrected chi connectivity index (χ0v) is 19.0. The molecule has 1 amide bonds. The molecule has 0 radical (unpaired) electrons. The number of carbonyl (C=O) groups excluding carboxylic acids is 2. The summed E-state index contributed by atoms with van der Waals surface area (Å²) in [6.45, 7) is 7.78. The minimum atomic E-state index is -3.63. The first kappa shape index (κ1) is 24.4. The molecule has 8 nitrogen and oxygen atoms in total. The number of amides is 1. The lowest BCUT2D eigenvalue weighted by molar-refractivity contribution is -0.118. The number of hydrogen-bond acceptors (Lipinski definition) is 6. The molecule has 0 saturated heterocycles. The third-order valence-electron chi connectivity index (χ3n) is 4.56. The summed E-state index contributed by atoms with van der Waals surface area (Å²) < 4.78 is 37.2. The minimum Gasteiger partial charge on any atom is -0.484 e. The third kappa shape index (κ3) is 6.28. The van der Waals surface area contributed by atoms with Crippen LogP contribution in [-0.2, 0) is 19.6 Å². The summed E-state index contributed by atoms with van der Waals surface area (Å²) in [7, 11) is -3.63. The van der Waals surface area contributed by atoms with E-state index in [1.807, 2.05) is 0 Å². The smallest absolute Gasteiger partial charge is 0.338 e. The highest BCUT2D eigenvalue weighted by atomic mass is 32.2. The monoisotopic (exact) mass is 448 g/mol. The Labute approximate surface area is 183 Å². The number of esters is 1. The normalized spacial score (nSPS) is 11.3. The van der Waals surface area contributed by atoms with E-state index in [4.69, 9.17) is 9.47 Å². The van der Waals surface area contributed by atoms with E-state index < -0.39 is 21.9 Å². The number of aryl methyl sites for hydroxylation is 1. The van der Waals surface area contributed by atoms with Gasteiger partial charge in [0.15, 0.2) is 6.61 Å². The predicted molar refractivity (Wildman–Crippen MR) is 118 cm³/mol. The summed E-state index contributed by atoms with van der Waals surface area (Å²) in [5.74, 6) is -0.449. The molecular weight excluding hydrogens is 420 g/mol. The van der Waals surface area contributed by atoms with Gasteiger partial charge in [0.2, 0.25) is 10.0 Å². The molecule has 0 fully saturated rings. The minimum absolute atomic E-state index is 0.118. The van der Waals surface area contributed by atoms with Gasteiger partial charge in [-0.05, 0) is 55.8 Å². The molecule has 0 saturated carbocycles. The largest absolute Gasteiger partial charge is 0.484 e. The summed E-state index contributed by atoms with van der Waals surface area (Å²) in [6.07, 6.45) is 0. The molecule has 9 heteroatoms. The van der Waals surface area contributed by atoms with E-state index in [9.17, 15) is 18.0 Å². The van der Waals surface area contributed by atoms with Crippen LogP contribution >= 0.6 is 0 Å². The summed E-state index contributed by atoms with van der Waals surface area (Å²) in [5, 5.41) is 2.69. The summed E-state index contributed by atoms with van der Waals surface area (Å²) >= 11 is 0. The number of anilines is 1. The van der Waals surface area contributed by atoms with Gasteiger partial charge in [0.25, 0.3) is 5.91 Å². The Bertz CT molecular complexity index is 1010. The fraction of sp³-hybridized carbons (Fsp3) is 0.364. The molecule has 0 heterocycles. The van der Waals surface area contributed by atoms with Crippen molar-refractivity contribution in [2.75, 3.05) is 31.6 Å². The standard InChI is InChI=1S/C22H28N2O6S/c1-5-24(6-2)31(27,28)19-13-8-16(4)20(14-19)23-21(25)15-30-18-11-9-17(10-12-18)22(26)29-7-3/h8-14H,5-7,15H2,1-4H3,(H,23,25). The number of hydrogen-bond donors (Lipinski definition) is 1. The van der Waals surface area contributed by atoms with Gasteiger partial charge < -0.3 is 14.8 Å². The predicted octanol–water partition coefficient (Wildman–Crippen LogP) is 3.22. The van der Waals surface area contributed by atoms with Crippen molar-refractivity contribution < 1.29 is 27.5 Å². The van der Waals surface area contributed by atoms with Crippen molar-refractivity contribution in [2.45, 2.75) is 32.6 Å². The van der Waals surface area contributed by atoms with Crippen LogP contribution in [0.2, 0.25) is 0 Å². The number of nitrogens with zero attached hydrogens (tertiary/aromatic N) is 1. The first-order valence-electron chi connectivity index (χ1n) is 10.0. The van der Waals surface area contributed by atoms with Crippen molar-refractivity contribution >= 4 is 27.6 Å². The molecule has 168 valence electrons. The molecule has 0 aliphatic rings. The van der Waals surface area contributed by atoms with Crippen molar-refractivity contribution in [3.63, 3.8) is 0 Å². The van der Waals surface area contributed by atoms with Gasteiger partial charge in [-0.3, -0.25) is 4.79 Å². The summed E-state index contributed by atoms with van der Waals surface area (Å²) in [6, 6.07) is 10.9. The molecule has 0 spiro atoms. The Morgan fingerprint density at radius 1 is 1.00 bits per heavy atom. The van der Waals surface area contributed by atoms with Crippen LogP contribution in [0.15, 0.2) is 47.4 Å². The topological polar surface area (TPSA) is 102 Å². The zero-order valence-electron chi connectivity index (χ0n) is 18.2. The molecule has 0 aromatic heterocycles. The van der Waals surface area contributed by atoms with Crippen LogP contribution in [0.5, 0.6) is 5.75 Å². The van der Waals surface area contributed by atoms with Crippen molar-refractivity contribution in [3.8, 4) is 5.75 Å². The third-order valence-corrected chi connectivity index (χ3v) is 6.61. The van der Waals surface area contributed by atoms with Gasteiger partial charge in [0.1, 0.15) is 5.75 Å². The molecule has 0 aliphatic heterocycles. The number of ether oxygens (including phenoxy) is 2. The van der Waals surface area contributed by atoms with Gasteiger partial charge >= 0.3 is 5.97 Å². The van der Waals surface area contributed by atoms with Gasteiger partial charge in [0, 0.05) is 18.8 Å². The Kier molecular flexibility index (Phi) is 8.58. The lowest BCUT2D eigenvalue weighted by Crippen LogP contribution is -2.30. The second kappa shape index (κ2) is 10.9. The Hall–Kier alpha value is -2.91. The van der Waals surface area contributed by atoms with Crippen molar-refractivity contribution in [2.24, 2.45) is 0 Å². The lowest BCUT2D eigenvalue weighted by Gasteiger charge is -2.19. The van der Waals surface area contributed by atoms with Crippen LogP contribution in [0, 0.1) is 6.92 Å². The molecule has 0 unspecified atom stereocenters. The van der Waals surface area contributed by atoms with Crippen molar-refractivity contribution in [3.05, 3.63) is 53.6 Å². The van der Waals surface area contributed by atoms with Gasteiger partial charge in [-0.1, -0.05) is 19.9 Å². The maximum Gasteiger partial charge on any atom is 0.338 e. The molecule has 0 aliphatic carbocycles. The van der Waals surface area contributed by atoms with Gasteiger partial charge in [0.05, 0.1) is 17.1 Å². The van der Waals surface area contributed by atoms with Gasteiger partial charge in [-0.25, -0.2) is 13.2 Å². The molecular formula is C22H28N2O6S. The number of benzene rings is 2. The molecule has 1 N–H and O–H groups in total. The van der Waals surface area contributed by atoms with E-state index in [2.05, 4.69) is 5.32 Å². The Morgan fingerprint density at radius 2 is 1.65 bits per heavy atom. The number of nitrogens with one attached hydrogen (secondary N) is 1. The van der Waals surface area contributed by atoms with E-state index in [1.165, 1.54) is 16.4 Å². The van der Waals surface area contributed by atoms with E-state index in [1.54, 1.807) is 58.0 Å². The van der Waals surface area contributed by atoms with Crippen LogP contribution in [0.25, 0.3) is 0 Å². The number of sulfonamides is 1. The van der Waals surface area contributed by atoms with Crippen LogP contribution in [0.4, 0.5) is 5.69 Å². The van der Waals surface area contributed by atoms with Crippen molar-refractivity contribution in [1.82, 2.24) is 4.31 Å². The zero-order chi connectivity index (χ0) is 23.0. The summed E-state index contributed by atoms with van der Waals surface area (Å²) in [4.78, 5) is 24.1. The fourth-order valence-corrected chi connectivity index (χ4v) is 4.33. The summed E-state index contributed by atoms with van der Waals surface area (Å²) in [5.41, 5.74) is 1.52. The molecule has 31 heavy (non-hydrogen) atoms. The Balaban J connectivity index is 2.05. The first-order valence-corrected chi connectivity index (χ1v) is 11.5. The molecule has 2 rings (SSSR count). The highest BCUT2D eigenvalue weighted by molar-refractivity contribution is 7.89. The van der Waals surface area contributed by atoms with E-state index >= 15 is 0 Å². The molecule has 0 atom stereocenters. The average molecular weight is 449 g/mol. The first-order chi connectivity index (χ1) is 14.7. The van der Waals surface area contributed by atoms with Crippen LogP contribution in [-0.4, -0.2) is 50.9 Å². The highest BCUT2D eigenvalue weighted by Crippen LogP contribution is 2.23. The quantitative estimate of drug-likeness (QED) is 0.560.